The van der Waals surface area contributed by atoms with Crippen LogP contribution in [0.2, 0.25) is 0 Å². The highest BCUT2D eigenvalue weighted by atomic mass is 32.1. The van der Waals surface area contributed by atoms with E-state index in [2.05, 4.69) is 35.3 Å². The minimum atomic E-state index is -0.0719. The molecular formula is C19H20N2OS. The molecule has 1 atom stereocenters. The molecule has 2 aromatic carbocycles. The van der Waals surface area contributed by atoms with Crippen LogP contribution in [0.25, 0.3) is 10.4 Å². The molecule has 0 saturated carbocycles. The van der Waals surface area contributed by atoms with Gasteiger partial charge < -0.3 is 10.5 Å². The summed E-state index contributed by atoms with van der Waals surface area (Å²) in [6.07, 6.45) is 0. The molecule has 0 radical (unpaired) electrons. The number of benzene rings is 2. The summed E-state index contributed by atoms with van der Waals surface area (Å²) in [7, 11) is 0. The Bertz CT molecular complexity index is 781. The highest BCUT2D eigenvalue weighted by molar-refractivity contribution is 7.13. The molecule has 0 saturated heterocycles. The Kier molecular flexibility index (Phi) is 4.74. The van der Waals surface area contributed by atoms with Gasteiger partial charge in [-0.05, 0) is 31.0 Å². The maximum absolute atomic E-state index is 6.09. The summed E-state index contributed by atoms with van der Waals surface area (Å²) in [4.78, 5) is 5.50. The van der Waals surface area contributed by atoms with Gasteiger partial charge in [-0.1, -0.05) is 42.5 Å². The average molecular weight is 324 g/mol. The molecule has 0 aliphatic carbocycles. The molecule has 0 aliphatic rings. The van der Waals surface area contributed by atoms with Gasteiger partial charge in [-0.15, -0.1) is 11.3 Å². The normalized spacial score (nSPS) is 12.1. The zero-order chi connectivity index (χ0) is 16.2. The van der Waals surface area contributed by atoms with Crippen molar-refractivity contribution in [1.82, 2.24) is 4.98 Å². The quantitative estimate of drug-likeness (QED) is 0.739. The number of aromatic nitrogens is 1. The molecule has 0 aliphatic heterocycles. The summed E-state index contributed by atoms with van der Waals surface area (Å²) in [6, 6.07) is 16.3. The van der Waals surface area contributed by atoms with Gasteiger partial charge in [0.2, 0.25) is 0 Å². The van der Waals surface area contributed by atoms with Crippen LogP contribution in [0.1, 0.15) is 29.8 Å². The highest BCUT2D eigenvalue weighted by Gasteiger charge is 2.12. The third-order valence-corrected chi connectivity index (χ3v) is 4.73. The predicted molar refractivity (Wildman–Crippen MR) is 95.7 cm³/mol. The van der Waals surface area contributed by atoms with Crippen LogP contribution in [0.5, 0.6) is 5.75 Å². The molecule has 0 spiro atoms. The fourth-order valence-corrected chi connectivity index (χ4v) is 3.29. The van der Waals surface area contributed by atoms with E-state index in [0.717, 1.165) is 28.1 Å². The molecule has 1 heterocycles. The standard InChI is InChI=1S/C19H20N2OS/c1-13(20)17-9-8-16(19-14(2)21-12-23-19)10-18(17)22-11-15-6-4-3-5-7-15/h3-10,12-13H,11,20H2,1-2H3/t13-/m0/s1. The third-order valence-electron chi connectivity index (χ3n) is 3.75. The van der Waals surface area contributed by atoms with E-state index in [1.165, 1.54) is 4.88 Å². The van der Waals surface area contributed by atoms with Crippen LogP contribution in [0, 0.1) is 6.92 Å². The number of thiazole rings is 1. The minimum absolute atomic E-state index is 0.0719. The van der Waals surface area contributed by atoms with Gasteiger partial charge >= 0.3 is 0 Å². The molecule has 2 N–H and O–H groups in total. The van der Waals surface area contributed by atoms with Gasteiger partial charge in [0.15, 0.2) is 0 Å². The van der Waals surface area contributed by atoms with Crippen LogP contribution in [0.3, 0.4) is 0 Å². The van der Waals surface area contributed by atoms with Crippen molar-refractivity contribution in [2.45, 2.75) is 26.5 Å². The summed E-state index contributed by atoms with van der Waals surface area (Å²) in [6.45, 7) is 4.53. The minimum Gasteiger partial charge on any atom is -0.489 e. The molecular weight excluding hydrogens is 304 g/mol. The summed E-state index contributed by atoms with van der Waals surface area (Å²) in [5.41, 5.74) is 12.3. The first-order chi connectivity index (χ1) is 11.1. The van der Waals surface area contributed by atoms with Crippen molar-refractivity contribution in [3.8, 4) is 16.2 Å². The van der Waals surface area contributed by atoms with Crippen molar-refractivity contribution < 1.29 is 4.74 Å². The molecule has 3 rings (SSSR count). The Hall–Kier alpha value is -2.17. The SMILES string of the molecule is Cc1ncsc1-c1ccc([C@H](C)N)c(OCc2ccccc2)c1. The summed E-state index contributed by atoms with van der Waals surface area (Å²) in [5, 5.41) is 0. The van der Waals surface area contributed by atoms with Gasteiger partial charge in [-0.2, -0.15) is 0 Å². The van der Waals surface area contributed by atoms with Gasteiger partial charge in [-0.3, -0.25) is 0 Å². The van der Waals surface area contributed by atoms with Crippen molar-refractivity contribution in [2.24, 2.45) is 5.73 Å². The van der Waals surface area contributed by atoms with Crippen LogP contribution in [0.15, 0.2) is 54.0 Å². The van der Waals surface area contributed by atoms with Gasteiger partial charge in [0, 0.05) is 11.6 Å². The van der Waals surface area contributed by atoms with Crippen molar-refractivity contribution in [2.75, 3.05) is 0 Å². The van der Waals surface area contributed by atoms with Crippen LogP contribution in [-0.4, -0.2) is 4.98 Å². The first kappa shape index (κ1) is 15.7. The fourth-order valence-electron chi connectivity index (χ4n) is 2.49. The predicted octanol–water partition coefficient (Wildman–Crippen LogP) is 4.72. The number of hydrogen-bond donors (Lipinski definition) is 1. The lowest BCUT2D eigenvalue weighted by Gasteiger charge is -2.15. The molecule has 23 heavy (non-hydrogen) atoms. The summed E-state index contributed by atoms with van der Waals surface area (Å²) < 4.78 is 6.07. The lowest BCUT2D eigenvalue weighted by Crippen LogP contribution is -2.08. The zero-order valence-corrected chi connectivity index (χ0v) is 14.1. The van der Waals surface area contributed by atoms with Crippen LogP contribution in [-0.2, 0) is 6.61 Å². The second kappa shape index (κ2) is 6.94. The van der Waals surface area contributed by atoms with E-state index in [9.17, 15) is 0 Å². The highest BCUT2D eigenvalue weighted by Crippen LogP contribution is 2.34. The lowest BCUT2D eigenvalue weighted by atomic mass is 10.0. The number of hydrogen-bond acceptors (Lipinski definition) is 4. The number of nitrogens with zero attached hydrogens (tertiary/aromatic N) is 1. The molecule has 4 heteroatoms. The van der Waals surface area contributed by atoms with E-state index in [0.29, 0.717) is 6.61 Å². The molecule has 118 valence electrons. The van der Waals surface area contributed by atoms with E-state index in [1.807, 2.05) is 37.6 Å². The van der Waals surface area contributed by atoms with Crippen molar-refractivity contribution in [1.29, 1.82) is 0 Å². The maximum atomic E-state index is 6.09. The molecule has 0 fully saturated rings. The maximum Gasteiger partial charge on any atom is 0.125 e. The Morgan fingerprint density at radius 2 is 1.96 bits per heavy atom. The summed E-state index contributed by atoms with van der Waals surface area (Å²) >= 11 is 1.64. The molecule has 3 nitrogen and oxygen atoms in total. The van der Waals surface area contributed by atoms with E-state index in [1.54, 1.807) is 11.3 Å². The average Bonchev–Trinajstić information content (AvgIpc) is 2.99. The Labute approximate surface area is 140 Å². The molecule has 1 aromatic heterocycles. The number of rotatable bonds is 5. The van der Waals surface area contributed by atoms with Crippen molar-refractivity contribution in [3.63, 3.8) is 0 Å². The first-order valence-electron chi connectivity index (χ1n) is 7.62. The Morgan fingerprint density at radius 3 is 2.61 bits per heavy atom. The molecule has 0 bridgehead atoms. The Morgan fingerprint density at radius 1 is 1.17 bits per heavy atom. The van der Waals surface area contributed by atoms with E-state index >= 15 is 0 Å². The zero-order valence-electron chi connectivity index (χ0n) is 13.3. The van der Waals surface area contributed by atoms with Gasteiger partial charge in [0.05, 0.1) is 16.1 Å². The second-order valence-electron chi connectivity index (χ2n) is 5.58. The van der Waals surface area contributed by atoms with Gasteiger partial charge in [0.25, 0.3) is 0 Å². The first-order valence-corrected chi connectivity index (χ1v) is 8.50. The molecule has 3 aromatic rings. The van der Waals surface area contributed by atoms with Crippen molar-refractivity contribution >= 4 is 11.3 Å². The number of nitrogens with two attached hydrogens (primary N) is 1. The van der Waals surface area contributed by atoms with E-state index in [-0.39, 0.29) is 6.04 Å². The largest absolute Gasteiger partial charge is 0.489 e. The van der Waals surface area contributed by atoms with Crippen molar-refractivity contribution in [3.05, 3.63) is 70.9 Å². The third kappa shape index (κ3) is 3.60. The van der Waals surface area contributed by atoms with Crippen LogP contribution in [0.4, 0.5) is 0 Å². The van der Waals surface area contributed by atoms with Crippen LogP contribution < -0.4 is 10.5 Å². The summed E-state index contributed by atoms with van der Waals surface area (Å²) in [5.74, 6) is 0.842. The monoisotopic (exact) mass is 324 g/mol. The lowest BCUT2D eigenvalue weighted by molar-refractivity contribution is 0.301. The smallest absolute Gasteiger partial charge is 0.125 e. The number of aryl methyl sites for hydroxylation is 1. The second-order valence-corrected chi connectivity index (χ2v) is 6.44. The number of ether oxygens (including phenoxy) is 1. The van der Waals surface area contributed by atoms with Gasteiger partial charge in [-0.25, -0.2) is 4.98 Å². The van der Waals surface area contributed by atoms with E-state index in [4.69, 9.17) is 10.5 Å². The van der Waals surface area contributed by atoms with Gasteiger partial charge in [0.1, 0.15) is 12.4 Å². The Balaban J connectivity index is 1.91. The topological polar surface area (TPSA) is 48.1 Å². The van der Waals surface area contributed by atoms with Crippen LogP contribution >= 0.6 is 11.3 Å². The molecule has 0 amide bonds. The van der Waals surface area contributed by atoms with E-state index < -0.39 is 0 Å². The molecule has 0 unspecified atom stereocenters. The fraction of sp³-hybridized carbons (Fsp3) is 0.211.